The molecule has 0 saturated heterocycles. The second-order valence-electron chi connectivity index (χ2n) is 3.12. The summed E-state index contributed by atoms with van der Waals surface area (Å²) in [6.07, 6.45) is 0. The van der Waals surface area contributed by atoms with E-state index in [1.165, 1.54) is 0 Å². The largest absolute Gasteiger partial charge is 0.660 e. The van der Waals surface area contributed by atoms with Crippen LogP contribution >= 0.6 is 0 Å². The third kappa shape index (κ3) is 3.52. The van der Waals surface area contributed by atoms with Crippen molar-refractivity contribution in [2.75, 3.05) is 0 Å². The fourth-order valence-electron chi connectivity index (χ4n) is 0.762. The molecular weight excluding hydrogens is 179 g/mol. The Bertz CT molecular complexity index is 285. The summed E-state index contributed by atoms with van der Waals surface area (Å²) in [5.74, 6) is 0.190. The SMILES string of the molecule is CC(C)C(=O)O[B]Oc1ccccc1. The van der Waals surface area contributed by atoms with Gasteiger partial charge in [-0.15, -0.1) is 0 Å². The Balaban J connectivity index is 2.26. The van der Waals surface area contributed by atoms with Gasteiger partial charge in [-0.2, -0.15) is 0 Å². The van der Waals surface area contributed by atoms with Crippen LogP contribution in [-0.4, -0.2) is 13.7 Å². The lowest BCUT2D eigenvalue weighted by molar-refractivity contribution is -0.138. The molecule has 0 aliphatic carbocycles. The minimum atomic E-state index is -0.305. The van der Waals surface area contributed by atoms with E-state index < -0.39 is 0 Å². The lowest BCUT2D eigenvalue weighted by atomic mass is 10.2. The number of para-hydroxylation sites is 1. The molecule has 73 valence electrons. The van der Waals surface area contributed by atoms with Crippen LogP contribution in [0.1, 0.15) is 13.8 Å². The summed E-state index contributed by atoms with van der Waals surface area (Å²) in [6, 6.07) is 9.12. The van der Waals surface area contributed by atoms with Gasteiger partial charge in [0.15, 0.2) is 0 Å². The summed E-state index contributed by atoms with van der Waals surface area (Å²) in [7, 11) is 1.05. The zero-order chi connectivity index (χ0) is 10.4. The average molecular weight is 191 g/mol. The molecule has 0 heterocycles. The molecule has 3 nitrogen and oxygen atoms in total. The summed E-state index contributed by atoms with van der Waals surface area (Å²) in [5.41, 5.74) is 0. The highest BCUT2D eigenvalue weighted by atomic mass is 16.6. The normalized spacial score (nSPS) is 9.64. The third-order valence-corrected chi connectivity index (χ3v) is 1.56. The lowest BCUT2D eigenvalue weighted by Crippen LogP contribution is -2.18. The zero-order valence-corrected chi connectivity index (χ0v) is 8.27. The molecule has 0 aliphatic heterocycles. The van der Waals surface area contributed by atoms with Gasteiger partial charge in [0, 0.05) is 5.92 Å². The molecule has 0 unspecified atom stereocenters. The summed E-state index contributed by atoms with van der Waals surface area (Å²) >= 11 is 0. The van der Waals surface area contributed by atoms with Crippen molar-refractivity contribution in [3.8, 4) is 5.75 Å². The van der Waals surface area contributed by atoms with Crippen molar-refractivity contribution < 1.29 is 14.1 Å². The highest BCUT2D eigenvalue weighted by molar-refractivity contribution is 6.23. The van der Waals surface area contributed by atoms with Crippen LogP contribution in [0.3, 0.4) is 0 Å². The van der Waals surface area contributed by atoms with E-state index in [1.54, 1.807) is 26.0 Å². The smallest absolute Gasteiger partial charge is 0.526 e. The van der Waals surface area contributed by atoms with E-state index in [0.717, 1.165) is 7.69 Å². The Hall–Kier alpha value is -1.45. The van der Waals surface area contributed by atoms with Gasteiger partial charge in [0.25, 0.3) is 5.97 Å². The molecule has 0 spiro atoms. The Kier molecular flexibility index (Phi) is 4.04. The minimum Gasteiger partial charge on any atom is -0.526 e. The number of carbonyl (C=O) groups is 1. The standard InChI is InChI=1S/C10H12BO3/c1-8(2)10(12)14-11-13-9-6-4-3-5-7-9/h3-8H,1-2H3. The van der Waals surface area contributed by atoms with E-state index in [1.807, 2.05) is 18.2 Å². The van der Waals surface area contributed by atoms with Crippen LogP contribution < -0.4 is 4.65 Å². The Morgan fingerprint density at radius 3 is 2.50 bits per heavy atom. The number of benzene rings is 1. The topological polar surface area (TPSA) is 35.5 Å². The van der Waals surface area contributed by atoms with Gasteiger partial charge >= 0.3 is 7.69 Å². The van der Waals surface area contributed by atoms with Crippen LogP contribution in [-0.2, 0) is 9.45 Å². The summed E-state index contributed by atoms with van der Waals surface area (Å²) in [6.45, 7) is 3.53. The fraction of sp³-hybridized carbons (Fsp3) is 0.300. The quantitative estimate of drug-likeness (QED) is 0.680. The maximum absolute atomic E-state index is 11.0. The van der Waals surface area contributed by atoms with Gasteiger partial charge < -0.3 is 9.31 Å². The lowest BCUT2D eigenvalue weighted by Gasteiger charge is -2.06. The van der Waals surface area contributed by atoms with Gasteiger partial charge in [0.05, 0.1) is 0 Å². The Labute approximate surface area is 84.3 Å². The number of carbonyl (C=O) groups excluding carboxylic acids is 1. The molecule has 4 heteroatoms. The van der Waals surface area contributed by atoms with E-state index in [2.05, 4.69) is 0 Å². The molecule has 0 bridgehead atoms. The van der Waals surface area contributed by atoms with Crippen molar-refractivity contribution in [1.82, 2.24) is 0 Å². The van der Waals surface area contributed by atoms with Crippen molar-refractivity contribution in [2.45, 2.75) is 13.8 Å². The van der Waals surface area contributed by atoms with Gasteiger partial charge in [0.1, 0.15) is 5.75 Å². The summed E-state index contributed by atoms with van der Waals surface area (Å²) in [5, 5.41) is 0. The minimum absolute atomic E-state index is 0.148. The molecule has 0 saturated carbocycles. The van der Waals surface area contributed by atoms with Crippen molar-refractivity contribution in [3.63, 3.8) is 0 Å². The van der Waals surface area contributed by atoms with Gasteiger partial charge in [-0.05, 0) is 12.1 Å². The van der Waals surface area contributed by atoms with E-state index in [9.17, 15) is 4.79 Å². The Morgan fingerprint density at radius 1 is 1.29 bits per heavy atom. The number of rotatable bonds is 4. The van der Waals surface area contributed by atoms with Crippen molar-refractivity contribution in [3.05, 3.63) is 30.3 Å². The monoisotopic (exact) mass is 191 g/mol. The van der Waals surface area contributed by atoms with E-state index >= 15 is 0 Å². The maximum atomic E-state index is 11.0. The molecule has 1 radical (unpaired) electrons. The highest BCUT2D eigenvalue weighted by Crippen LogP contribution is 2.07. The van der Waals surface area contributed by atoms with Crippen molar-refractivity contribution >= 4 is 13.7 Å². The van der Waals surface area contributed by atoms with Gasteiger partial charge in [-0.25, -0.2) is 0 Å². The van der Waals surface area contributed by atoms with E-state index in [-0.39, 0.29) is 11.9 Å². The molecule has 0 N–H and O–H groups in total. The summed E-state index contributed by atoms with van der Waals surface area (Å²) in [4.78, 5) is 11.0. The van der Waals surface area contributed by atoms with Gasteiger partial charge in [0.2, 0.25) is 0 Å². The van der Waals surface area contributed by atoms with Gasteiger partial charge in [-0.3, -0.25) is 4.79 Å². The zero-order valence-electron chi connectivity index (χ0n) is 8.27. The average Bonchev–Trinajstić information content (AvgIpc) is 2.19. The van der Waals surface area contributed by atoms with Crippen LogP contribution in [0.25, 0.3) is 0 Å². The molecular formula is C10H12BO3. The van der Waals surface area contributed by atoms with Crippen LogP contribution in [0.2, 0.25) is 0 Å². The molecule has 0 aromatic heterocycles. The van der Waals surface area contributed by atoms with Gasteiger partial charge in [-0.1, -0.05) is 32.0 Å². The molecule has 1 rings (SSSR count). The van der Waals surface area contributed by atoms with Crippen LogP contribution in [0.15, 0.2) is 30.3 Å². The molecule has 0 fully saturated rings. The van der Waals surface area contributed by atoms with Crippen LogP contribution in [0, 0.1) is 5.92 Å². The molecule has 14 heavy (non-hydrogen) atoms. The van der Waals surface area contributed by atoms with E-state index in [0.29, 0.717) is 5.75 Å². The maximum Gasteiger partial charge on any atom is 0.660 e. The summed E-state index contributed by atoms with van der Waals surface area (Å²) < 4.78 is 9.78. The van der Waals surface area contributed by atoms with Crippen LogP contribution in [0.5, 0.6) is 5.75 Å². The molecule has 0 atom stereocenters. The molecule has 1 aromatic carbocycles. The molecule has 0 amide bonds. The first-order valence-electron chi connectivity index (χ1n) is 4.44. The van der Waals surface area contributed by atoms with Crippen molar-refractivity contribution in [1.29, 1.82) is 0 Å². The Morgan fingerprint density at radius 2 is 1.93 bits per heavy atom. The predicted molar refractivity (Wildman–Crippen MR) is 53.8 cm³/mol. The first kappa shape index (κ1) is 10.6. The fourth-order valence-corrected chi connectivity index (χ4v) is 0.762. The van der Waals surface area contributed by atoms with Crippen LogP contribution in [0.4, 0.5) is 0 Å². The first-order valence-corrected chi connectivity index (χ1v) is 4.44. The molecule has 0 aliphatic rings. The highest BCUT2D eigenvalue weighted by Gasteiger charge is 2.10. The second kappa shape index (κ2) is 5.32. The predicted octanol–water partition coefficient (Wildman–Crippen LogP) is 1.80. The third-order valence-electron chi connectivity index (χ3n) is 1.56. The second-order valence-corrected chi connectivity index (χ2v) is 3.12. The first-order chi connectivity index (χ1) is 6.70. The number of hydrogen-bond donors (Lipinski definition) is 0. The molecule has 1 aromatic rings. The van der Waals surface area contributed by atoms with E-state index in [4.69, 9.17) is 9.31 Å². The van der Waals surface area contributed by atoms with Crippen molar-refractivity contribution in [2.24, 2.45) is 5.92 Å². The number of hydrogen-bond acceptors (Lipinski definition) is 3.